The van der Waals surface area contributed by atoms with E-state index in [1.807, 2.05) is 33.8 Å². The van der Waals surface area contributed by atoms with Gasteiger partial charge < -0.3 is 14.4 Å². The van der Waals surface area contributed by atoms with Gasteiger partial charge in [0.05, 0.1) is 20.3 Å². The standard InChI is InChI=1S/C29H34N4O4S/c1-3-37-29(35)27-28(33(31-30-27)19-20-6-14-24(36-2)15-7-20)38-25-16-10-22(11-17-25)21-8-12-23(13-9-21)32-18-4-5-26(32)34/h6-9,12-15,22,25H,3-5,10-11,16-19H2,1-2H3. The lowest BCUT2D eigenvalue weighted by Crippen LogP contribution is -2.23. The van der Waals surface area contributed by atoms with Crippen LogP contribution in [0.15, 0.2) is 53.6 Å². The Balaban J connectivity index is 1.25. The molecule has 200 valence electrons. The molecular weight excluding hydrogens is 500 g/mol. The molecule has 9 heteroatoms. The fourth-order valence-corrected chi connectivity index (χ4v) is 6.56. The highest BCUT2D eigenvalue weighted by Gasteiger charge is 2.29. The number of thioether (sulfide) groups is 1. The highest BCUT2D eigenvalue weighted by Crippen LogP contribution is 2.41. The first-order valence-corrected chi connectivity index (χ1v) is 14.2. The van der Waals surface area contributed by atoms with Crippen LogP contribution in [-0.2, 0) is 16.1 Å². The summed E-state index contributed by atoms with van der Waals surface area (Å²) in [6.07, 6.45) is 5.82. The van der Waals surface area contributed by atoms with Crippen LogP contribution in [0.1, 0.15) is 73.0 Å². The van der Waals surface area contributed by atoms with Crippen LogP contribution in [-0.4, -0.2) is 52.4 Å². The molecule has 0 spiro atoms. The molecule has 0 atom stereocenters. The Labute approximate surface area is 227 Å². The zero-order valence-corrected chi connectivity index (χ0v) is 22.8. The number of hydrogen-bond acceptors (Lipinski definition) is 7. The summed E-state index contributed by atoms with van der Waals surface area (Å²) in [6, 6.07) is 16.4. The quantitative estimate of drug-likeness (QED) is 0.337. The summed E-state index contributed by atoms with van der Waals surface area (Å²) in [5.74, 6) is 1.09. The third-order valence-electron chi connectivity index (χ3n) is 7.35. The van der Waals surface area contributed by atoms with Crippen molar-refractivity contribution in [2.45, 2.75) is 68.2 Å². The molecule has 38 heavy (non-hydrogen) atoms. The van der Waals surface area contributed by atoms with Gasteiger partial charge in [-0.1, -0.05) is 29.5 Å². The highest BCUT2D eigenvalue weighted by molar-refractivity contribution is 7.99. The van der Waals surface area contributed by atoms with Crippen LogP contribution in [0.4, 0.5) is 5.69 Å². The molecule has 0 radical (unpaired) electrons. The molecular formula is C29H34N4O4S. The van der Waals surface area contributed by atoms with E-state index >= 15 is 0 Å². The Morgan fingerprint density at radius 2 is 1.79 bits per heavy atom. The molecule has 1 saturated heterocycles. The van der Waals surface area contributed by atoms with E-state index in [4.69, 9.17) is 9.47 Å². The zero-order chi connectivity index (χ0) is 26.5. The predicted molar refractivity (Wildman–Crippen MR) is 147 cm³/mol. The maximum atomic E-state index is 12.6. The lowest BCUT2D eigenvalue weighted by molar-refractivity contribution is -0.117. The minimum absolute atomic E-state index is 0.221. The minimum atomic E-state index is -0.429. The van der Waals surface area contributed by atoms with Gasteiger partial charge in [-0.3, -0.25) is 4.79 Å². The Morgan fingerprint density at radius 3 is 2.42 bits per heavy atom. The van der Waals surface area contributed by atoms with E-state index in [0.29, 0.717) is 36.4 Å². The van der Waals surface area contributed by atoms with E-state index in [2.05, 4.69) is 34.6 Å². The lowest BCUT2D eigenvalue weighted by atomic mass is 9.84. The average Bonchev–Trinajstić information content (AvgIpc) is 3.55. The number of ether oxygens (including phenoxy) is 2. The van der Waals surface area contributed by atoms with Crippen molar-refractivity contribution in [3.8, 4) is 5.75 Å². The first-order valence-electron chi connectivity index (χ1n) is 13.4. The molecule has 3 aromatic rings. The van der Waals surface area contributed by atoms with Crippen LogP contribution in [0, 0.1) is 0 Å². The first-order chi connectivity index (χ1) is 18.6. The van der Waals surface area contributed by atoms with E-state index < -0.39 is 5.97 Å². The molecule has 1 aliphatic heterocycles. The number of benzene rings is 2. The Hall–Kier alpha value is -3.33. The second-order valence-electron chi connectivity index (χ2n) is 9.80. The molecule has 8 nitrogen and oxygen atoms in total. The molecule has 5 rings (SSSR count). The summed E-state index contributed by atoms with van der Waals surface area (Å²) in [5.41, 5.74) is 3.68. The molecule has 1 saturated carbocycles. The van der Waals surface area contributed by atoms with Gasteiger partial charge in [-0.15, -0.1) is 16.9 Å². The van der Waals surface area contributed by atoms with Gasteiger partial charge in [-0.25, -0.2) is 9.48 Å². The second-order valence-corrected chi connectivity index (χ2v) is 11.1. The van der Waals surface area contributed by atoms with Gasteiger partial charge in [0.2, 0.25) is 11.6 Å². The highest BCUT2D eigenvalue weighted by atomic mass is 32.2. The maximum absolute atomic E-state index is 12.6. The molecule has 1 amide bonds. The number of anilines is 1. The van der Waals surface area contributed by atoms with Crippen molar-refractivity contribution in [1.82, 2.24) is 15.0 Å². The van der Waals surface area contributed by atoms with Gasteiger partial charge in [0.15, 0.2) is 0 Å². The summed E-state index contributed by atoms with van der Waals surface area (Å²) < 4.78 is 12.3. The minimum Gasteiger partial charge on any atom is -0.497 e. The van der Waals surface area contributed by atoms with Crippen molar-refractivity contribution in [3.63, 3.8) is 0 Å². The SMILES string of the molecule is CCOC(=O)c1nnn(Cc2ccc(OC)cc2)c1SC1CCC(c2ccc(N3CCCC3=O)cc2)CC1. The molecule has 2 fully saturated rings. The number of rotatable bonds is 9. The Morgan fingerprint density at radius 1 is 1.05 bits per heavy atom. The Bertz CT molecular complexity index is 1250. The molecule has 2 aliphatic rings. The first kappa shape index (κ1) is 26.3. The lowest BCUT2D eigenvalue weighted by Gasteiger charge is -2.29. The van der Waals surface area contributed by atoms with E-state index in [0.717, 1.165) is 60.7 Å². The van der Waals surface area contributed by atoms with E-state index in [-0.39, 0.29) is 5.91 Å². The van der Waals surface area contributed by atoms with Crippen molar-refractivity contribution in [2.75, 3.05) is 25.2 Å². The topological polar surface area (TPSA) is 86.5 Å². The number of nitrogens with zero attached hydrogens (tertiary/aromatic N) is 4. The molecule has 1 aliphatic carbocycles. The smallest absolute Gasteiger partial charge is 0.361 e. The van der Waals surface area contributed by atoms with Crippen molar-refractivity contribution in [3.05, 3.63) is 65.4 Å². The van der Waals surface area contributed by atoms with E-state index in [1.54, 1.807) is 25.8 Å². The summed E-state index contributed by atoms with van der Waals surface area (Å²) in [4.78, 5) is 26.6. The van der Waals surface area contributed by atoms with Gasteiger partial charge in [0, 0.05) is 23.9 Å². The Kier molecular flexibility index (Phi) is 8.32. The summed E-state index contributed by atoms with van der Waals surface area (Å²) in [5, 5.41) is 9.66. The van der Waals surface area contributed by atoms with Gasteiger partial charge in [0.1, 0.15) is 10.8 Å². The zero-order valence-electron chi connectivity index (χ0n) is 22.0. The number of aromatic nitrogens is 3. The average molecular weight is 535 g/mol. The van der Waals surface area contributed by atoms with Crippen LogP contribution in [0.25, 0.3) is 0 Å². The van der Waals surface area contributed by atoms with Gasteiger partial charge in [-0.2, -0.15) is 0 Å². The summed E-state index contributed by atoms with van der Waals surface area (Å²) in [6.45, 7) is 3.42. The van der Waals surface area contributed by atoms with Gasteiger partial charge >= 0.3 is 5.97 Å². The normalized spacial score (nSPS) is 19.5. The predicted octanol–water partition coefficient (Wildman–Crippen LogP) is 5.46. The maximum Gasteiger partial charge on any atom is 0.361 e. The van der Waals surface area contributed by atoms with Crippen LogP contribution < -0.4 is 9.64 Å². The van der Waals surface area contributed by atoms with Crippen molar-refractivity contribution in [1.29, 1.82) is 0 Å². The number of carbonyl (C=O) groups excluding carboxylic acids is 2. The van der Waals surface area contributed by atoms with Crippen LogP contribution >= 0.6 is 11.8 Å². The summed E-state index contributed by atoms with van der Waals surface area (Å²) >= 11 is 1.69. The number of amides is 1. The third kappa shape index (κ3) is 5.88. The molecule has 0 bridgehead atoms. The largest absolute Gasteiger partial charge is 0.497 e. The molecule has 0 unspecified atom stereocenters. The fraction of sp³-hybridized carbons (Fsp3) is 0.448. The van der Waals surface area contributed by atoms with Crippen LogP contribution in [0.2, 0.25) is 0 Å². The molecule has 2 heterocycles. The van der Waals surface area contributed by atoms with Crippen molar-refractivity contribution < 1.29 is 19.1 Å². The van der Waals surface area contributed by atoms with Gasteiger partial charge in [-0.05, 0) is 80.3 Å². The van der Waals surface area contributed by atoms with Crippen LogP contribution in [0.3, 0.4) is 0 Å². The van der Waals surface area contributed by atoms with Crippen LogP contribution in [0.5, 0.6) is 5.75 Å². The molecule has 2 aromatic carbocycles. The van der Waals surface area contributed by atoms with Gasteiger partial charge in [0.25, 0.3) is 0 Å². The van der Waals surface area contributed by atoms with Crippen molar-refractivity contribution in [2.24, 2.45) is 0 Å². The monoisotopic (exact) mass is 534 g/mol. The van der Waals surface area contributed by atoms with E-state index in [9.17, 15) is 9.59 Å². The molecule has 1 aromatic heterocycles. The summed E-state index contributed by atoms with van der Waals surface area (Å²) in [7, 11) is 1.65. The third-order valence-corrected chi connectivity index (χ3v) is 8.78. The number of esters is 1. The van der Waals surface area contributed by atoms with E-state index in [1.165, 1.54) is 5.56 Å². The second kappa shape index (κ2) is 12.0. The fourth-order valence-electron chi connectivity index (χ4n) is 5.28. The number of hydrogen-bond donors (Lipinski definition) is 0. The number of methoxy groups -OCH3 is 1. The van der Waals surface area contributed by atoms with Crippen molar-refractivity contribution >= 4 is 29.3 Å². The molecule has 0 N–H and O–H groups in total. The number of carbonyl (C=O) groups is 2.